The van der Waals surface area contributed by atoms with Crippen LogP contribution in [0.2, 0.25) is 0 Å². The molecule has 10 heteroatoms. The van der Waals surface area contributed by atoms with Gasteiger partial charge in [-0.15, -0.1) is 4.98 Å². The number of anilines is 1. The summed E-state index contributed by atoms with van der Waals surface area (Å²) in [6.07, 6.45) is 0. The van der Waals surface area contributed by atoms with E-state index in [2.05, 4.69) is 15.0 Å². The number of hydrogen-bond donors (Lipinski definition) is 1. The number of nitrogens with zero attached hydrogens (tertiary/aromatic N) is 4. The maximum Gasteiger partial charge on any atom is 0.330 e. The summed E-state index contributed by atoms with van der Waals surface area (Å²) in [5, 5.41) is 10.5. The van der Waals surface area contributed by atoms with Crippen LogP contribution in [0, 0.1) is 15.9 Å². The molecule has 0 saturated carbocycles. The third kappa shape index (κ3) is 3.49. The lowest BCUT2D eigenvalue weighted by molar-refractivity contribution is -0.387. The monoisotopic (exact) mass is 295 g/mol. The zero-order valence-corrected chi connectivity index (χ0v) is 10.8. The van der Waals surface area contributed by atoms with Crippen molar-refractivity contribution in [1.82, 2.24) is 15.0 Å². The molecule has 0 atom stereocenters. The van der Waals surface area contributed by atoms with Crippen molar-refractivity contribution < 1.29 is 18.8 Å². The van der Waals surface area contributed by atoms with E-state index in [4.69, 9.17) is 15.2 Å². The number of rotatable bonds is 5. The van der Waals surface area contributed by atoms with Crippen LogP contribution < -0.4 is 15.2 Å². The molecular formula is C11H10FN5O4. The highest BCUT2D eigenvalue weighted by Gasteiger charge is 2.15. The van der Waals surface area contributed by atoms with E-state index in [0.717, 1.165) is 12.1 Å². The van der Waals surface area contributed by atoms with Gasteiger partial charge in [-0.25, -0.2) is 0 Å². The van der Waals surface area contributed by atoms with Crippen molar-refractivity contribution >= 4 is 11.6 Å². The van der Waals surface area contributed by atoms with Gasteiger partial charge in [-0.3, -0.25) is 10.1 Å². The van der Waals surface area contributed by atoms with Gasteiger partial charge in [0.2, 0.25) is 11.8 Å². The van der Waals surface area contributed by atoms with Crippen molar-refractivity contribution in [2.45, 2.75) is 6.92 Å². The number of hydrogen-bond acceptors (Lipinski definition) is 8. The molecule has 21 heavy (non-hydrogen) atoms. The van der Waals surface area contributed by atoms with Gasteiger partial charge >= 0.3 is 17.7 Å². The van der Waals surface area contributed by atoms with E-state index < -0.39 is 16.4 Å². The van der Waals surface area contributed by atoms with Gasteiger partial charge in [0.25, 0.3) is 0 Å². The Balaban J connectivity index is 2.25. The van der Waals surface area contributed by atoms with Gasteiger partial charge in [0.1, 0.15) is 5.75 Å². The van der Waals surface area contributed by atoms with Crippen LogP contribution >= 0.6 is 0 Å². The zero-order valence-electron chi connectivity index (χ0n) is 10.8. The fraction of sp³-hybridized carbons (Fsp3) is 0.182. The molecule has 0 saturated heterocycles. The number of nitrogens with two attached hydrogens (primary N) is 1. The zero-order chi connectivity index (χ0) is 15.4. The lowest BCUT2D eigenvalue weighted by atomic mass is 10.3. The fourth-order valence-corrected chi connectivity index (χ4v) is 1.40. The first kappa shape index (κ1) is 14.4. The van der Waals surface area contributed by atoms with Crippen LogP contribution in [0.1, 0.15) is 6.92 Å². The summed E-state index contributed by atoms with van der Waals surface area (Å²) in [6, 6.07) is 2.78. The quantitative estimate of drug-likeness (QED) is 0.652. The van der Waals surface area contributed by atoms with E-state index in [1.54, 1.807) is 6.92 Å². The largest absolute Gasteiger partial charge is 0.464 e. The highest BCUT2D eigenvalue weighted by atomic mass is 19.1. The van der Waals surface area contributed by atoms with Gasteiger partial charge in [0, 0.05) is 12.1 Å². The highest BCUT2D eigenvalue weighted by Crippen LogP contribution is 2.25. The van der Waals surface area contributed by atoms with Crippen LogP contribution in [0.3, 0.4) is 0 Å². The van der Waals surface area contributed by atoms with Crippen LogP contribution in [-0.2, 0) is 0 Å². The second kappa shape index (κ2) is 5.94. The average Bonchev–Trinajstić information content (AvgIpc) is 2.37. The molecule has 2 aromatic rings. The maximum atomic E-state index is 13.5. The Morgan fingerprint density at radius 3 is 2.67 bits per heavy atom. The fourth-order valence-electron chi connectivity index (χ4n) is 1.40. The topological polar surface area (TPSA) is 126 Å². The van der Waals surface area contributed by atoms with Crippen molar-refractivity contribution in [1.29, 1.82) is 0 Å². The second-order valence-corrected chi connectivity index (χ2v) is 3.66. The number of nitro benzene ring substituents is 1. The third-order valence-electron chi connectivity index (χ3n) is 2.21. The molecule has 110 valence electrons. The van der Waals surface area contributed by atoms with Gasteiger partial charge in [0.15, 0.2) is 0 Å². The summed E-state index contributed by atoms with van der Waals surface area (Å²) in [7, 11) is 0. The van der Waals surface area contributed by atoms with Crippen LogP contribution in [-0.4, -0.2) is 26.5 Å². The van der Waals surface area contributed by atoms with E-state index in [1.165, 1.54) is 6.07 Å². The smallest absolute Gasteiger partial charge is 0.330 e. The third-order valence-corrected chi connectivity index (χ3v) is 2.21. The molecule has 0 radical (unpaired) electrons. The van der Waals surface area contributed by atoms with Crippen molar-refractivity contribution in [3.05, 3.63) is 34.1 Å². The lowest BCUT2D eigenvalue weighted by Crippen LogP contribution is -2.05. The molecule has 0 aliphatic carbocycles. The molecule has 0 fully saturated rings. The summed E-state index contributed by atoms with van der Waals surface area (Å²) >= 11 is 0. The summed E-state index contributed by atoms with van der Waals surface area (Å²) in [4.78, 5) is 20.9. The molecule has 2 N–H and O–H groups in total. The Kier molecular flexibility index (Phi) is 4.07. The number of nitro groups is 1. The molecule has 0 aliphatic heterocycles. The van der Waals surface area contributed by atoms with Crippen LogP contribution in [0.25, 0.3) is 0 Å². The Hall–Kier alpha value is -3.04. The predicted octanol–water partition coefficient (Wildman–Crippen LogP) is 1.69. The van der Waals surface area contributed by atoms with Crippen LogP contribution in [0.15, 0.2) is 18.2 Å². The lowest BCUT2D eigenvalue weighted by Gasteiger charge is -2.06. The Labute approximate surface area is 117 Å². The number of halogens is 1. The number of ether oxygens (including phenoxy) is 2. The summed E-state index contributed by atoms with van der Waals surface area (Å²) in [6.45, 7) is 2.04. The summed E-state index contributed by atoms with van der Waals surface area (Å²) in [5.74, 6) is -1.19. The average molecular weight is 295 g/mol. The van der Waals surface area contributed by atoms with Crippen molar-refractivity contribution in [2.75, 3.05) is 12.3 Å². The molecule has 1 aromatic heterocycles. The Bertz CT molecular complexity index is 682. The predicted molar refractivity (Wildman–Crippen MR) is 68.5 cm³/mol. The molecule has 0 amide bonds. The first-order chi connectivity index (χ1) is 9.99. The van der Waals surface area contributed by atoms with Gasteiger partial charge < -0.3 is 15.2 Å². The van der Waals surface area contributed by atoms with Crippen molar-refractivity contribution in [3.63, 3.8) is 0 Å². The van der Waals surface area contributed by atoms with Gasteiger partial charge in [-0.1, -0.05) is 0 Å². The number of benzene rings is 1. The first-order valence-electron chi connectivity index (χ1n) is 5.75. The van der Waals surface area contributed by atoms with E-state index in [9.17, 15) is 14.5 Å². The Morgan fingerprint density at radius 2 is 2.05 bits per heavy atom. The number of nitrogen functional groups attached to an aromatic ring is 1. The summed E-state index contributed by atoms with van der Waals surface area (Å²) in [5.41, 5.74) is 4.79. The van der Waals surface area contributed by atoms with E-state index >= 15 is 0 Å². The Morgan fingerprint density at radius 1 is 1.33 bits per heavy atom. The molecule has 1 heterocycles. The van der Waals surface area contributed by atoms with Crippen LogP contribution in [0.4, 0.5) is 16.0 Å². The standard InChI is InChI=1S/C11H10FN5O4/c1-2-20-10-14-9(13)15-11(16-10)21-6-3-4-8(17(18)19)7(12)5-6/h3-5H,2H2,1H3,(H2,13,14,15,16). The maximum absolute atomic E-state index is 13.5. The minimum atomic E-state index is -1.04. The molecular weight excluding hydrogens is 285 g/mol. The van der Waals surface area contributed by atoms with Gasteiger partial charge in [-0.2, -0.15) is 14.4 Å². The molecule has 0 spiro atoms. The second-order valence-electron chi connectivity index (χ2n) is 3.66. The van der Waals surface area contributed by atoms with E-state index in [-0.39, 0.29) is 23.7 Å². The summed E-state index contributed by atoms with van der Waals surface area (Å²) < 4.78 is 23.7. The molecule has 9 nitrogen and oxygen atoms in total. The molecule has 1 aromatic carbocycles. The van der Waals surface area contributed by atoms with E-state index in [0.29, 0.717) is 6.61 Å². The molecule has 0 aliphatic rings. The van der Waals surface area contributed by atoms with Gasteiger partial charge in [0.05, 0.1) is 11.5 Å². The van der Waals surface area contributed by atoms with Crippen molar-refractivity contribution in [2.24, 2.45) is 0 Å². The van der Waals surface area contributed by atoms with Crippen LogP contribution in [0.5, 0.6) is 17.8 Å². The highest BCUT2D eigenvalue weighted by molar-refractivity contribution is 5.39. The minimum Gasteiger partial charge on any atom is -0.464 e. The van der Waals surface area contributed by atoms with Crippen molar-refractivity contribution in [3.8, 4) is 17.8 Å². The molecule has 0 unspecified atom stereocenters. The number of aromatic nitrogens is 3. The van der Waals surface area contributed by atoms with Gasteiger partial charge in [-0.05, 0) is 13.0 Å². The molecule has 2 rings (SSSR count). The minimum absolute atomic E-state index is 0.0221. The SMILES string of the molecule is CCOc1nc(N)nc(Oc2ccc([N+](=O)[O-])c(F)c2)n1. The normalized spacial score (nSPS) is 10.2. The van der Waals surface area contributed by atoms with E-state index in [1.807, 2.05) is 0 Å². The molecule has 0 bridgehead atoms. The first-order valence-corrected chi connectivity index (χ1v) is 5.75.